The average molecular weight is 165 g/mol. The zero-order valence-electron chi connectivity index (χ0n) is 7.82. The Kier molecular flexibility index (Phi) is 5.70. The van der Waals surface area contributed by atoms with Crippen LogP contribution >= 0.6 is 0 Å². The van der Waals surface area contributed by atoms with Crippen molar-refractivity contribution < 1.29 is 4.79 Å². The molecule has 0 bridgehead atoms. The molecule has 12 heavy (non-hydrogen) atoms. The van der Waals surface area contributed by atoms with Crippen LogP contribution in [0.2, 0.25) is 0 Å². The number of carbonyl (C=O) groups is 1. The summed E-state index contributed by atoms with van der Waals surface area (Å²) in [6.45, 7) is 1.53. The zero-order valence-corrected chi connectivity index (χ0v) is 7.82. The summed E-state index contributed by atoms with van der Waals surface area (Å²) in [4.78, 5) is 12.4. The largest absolute Gasteiger partial charge is 0.383 e. The third kappa shape index (κ3) is 8.69. The first-order chi connectivity index (χ1) is 5.63. The SMILES string of the molecule is CC(=O)/C=C/C=C/C=C/N(C)C. The predicted octanol–water partition coefficient (Wildman–Crippen LogP) is 1.76. The fraction of sp³-hybridized carbons (Fsp3) is 0.300. The van der Waals surface area contributed by atoms with Gasteiger partial charge in [-0.25, -0.2) is 0 Å². The van der Waals surface area contributed by atoms with Crippen molar-refractivity contribution in [2.75, 3.05) is 14.1 Å². The standard InChI is InChI=1S/C10H15NO/c1-10(12)8-6-4-5-7-9-11(2)3/h4-9H,1-3H3/b5-4+,8-6+,9-7+. The molecule has 2 nitrogen and oxygen atoms in total. The van der Waals surface area contributed by atoms with Crippen LogP contribution in [-0.2, 0) is 4.79 Å². The van der Waals surface area contributed by atoms with Crippen molar-refractivity contribution in [1.29, 1.82) is 0 Å². The summed E-state index contributed by atoms with van der Waals surface area (Å²) in [5.74, 6) is 0.0660. The maximum absolute atomic E-state index is 10.4. The number of allylic oxidation sites excluding steroid dienone is 5. The van der Waals surface area contributed by atoms with E-state index in [4.69, 9.17) is 0 Å². The molecule has 0 aliphatic heterocycles. The first kappa shape index (κ1) is 10.7. The van der Waals surface area contributed by atoms with Gasteiger partial charge in [0.1, 0.15) is 0 Å². The Morgan fingerprint density at radius 1 is 1.08 bits per heavy atom. The summed E-state index contributed by atoms with van der Waals surface area (Å²) in [6, 6.07) is 0. The van der Waals surface area contributed by atoms with Crippen LogP contribution in [0, 0.1) is 0 Å². The minimum Gasteiger partial charge on any atom is -0.383 e. The van der Waals surface area contributed by atoms with Crippen molar-refractivity contribution in [3.8, 4) is 0 Å². The highest BCUT2D eigenvalue weighted by Crippen LogP contribution is 1.82. The summed E-state index contributed by atoms with van der Waals surface area (Å²) in [7, 11) is 3.91. The fourth-order valence-corrected chi connectivity index (χ4v) is 0.541. The van der Waals surface area contributed by atoms with Gasteiger partial charge in [0, 0.05) is 14.1 Å². The number of ketones is 1. The quantitative estimate of drug-likeness (QED) is 0.467. The monoisotopic (exact) mass is 165 g/mol. The summed E-state index contributed by atoms with van der Waals surface area (Å²) in [6.07, 6.45) is 10.8. The topological polar surface area (TPSA) is 20.3 Å². The van der Waals surface area contributed by atoms with Crippen LogP contribution in [0.3, 0.4) is 0 Å². The molecule has 0 saturated heterocycles. The van der Waals surface area contributed by atoms with Gasteiger partial charge in [0.2, 0.25) is 0 Å². The van der Waals surface area contributed by atoms with E-state index in [1.54, 1.807) is 6.08 Å². The normalized spacial score (nSPS) is 11.9. The van der Waals surface area contributed by atoms with E-state index in [9.17, 15) is 4.79 Å². The second kappa shape index (κ2) is 6.40. The van der Waals surface area contributed by atoms with Crippen LogP contribution < -0.4 is 0 Å². The summed E-state index contributed by atoms with van der Waals surface area (Å²) in [5, 5.41) is 0. The lowest BCUT2D eigenvalue weighted by Gasteiger charge is -2.00. The van der Waals surface area contributed by atoms with E-state index in [2.05, 4.69) is 0 Å². The Morgan fingerprint density at radius 3 is 2.17 bits per heavy atom. The van der Waals surface area contributed by atoms with Gasteiger partial charge in [-0.15, -0.1) is 0 Å². The highest BCUT2D eigenvalue weighted by Gasteiger charge is 1.76. The molecule has 0 radical (unpaired) electrons. The van der Waals surface area contributed by atoms with E-state index in [1.807, 2.05) is 43.4 Å². The minimum absolute atomic E-state index is 0.0660. The third-order valence-electron chi connectivity index (χ3n) is 1.05. The van der Waals surface area contributed by atoms with Gasteiger partial charge in [0.25, 0.3) is 0 Å². The summed E-state index contributed by atoms with van der Waals surface area (Å²) >= 11 is 0. The van der Waals surface area contributed by atoms with Crippen LogP contribution in [0.15, 0.2) is 36.6 Å². The van der Waals surface area contributed by atoms with Crippen molar-refractivity contribution in [3.63, 3.8) is 0 Å². The molecule has 0 N–H and O–H groups in total. The third-order valence-corrected chi connectivity index (χ3v) is 1.05. The van der Waals surface area contributed by atoms with Gasteiger partial charge in [0.15, 0.2) is 5.78 Å². The Bertz CT molecular complexity index is 212. The Morgan fingerprint density at radius 2 is 1.67 bits per heavy atom. The minimum atomic E-state index is 0.0660. The van der Waals surface area contributed by atoms with E-state index < -0.39 is 0 Å². The molecule has 0 spiro atoms. The van der Waals surface area contributed by atoms with Crippen LogP contribution in [0.25, 0.3) is 0 Å². The molecular formula is C10H15NO. The van der Waals surface area contributed by atoms with Gasteiger partial charge in [-0.3, -0.25) is 4.79 Å². The molecule has 0 aromatic carbocycles. The Balaban J connectivity index is 3.70. The van der Waals surface area contributed by atoms with Crippen molar-refractivity contribution >= 4 is 5.78 Å². The second-order valence-electron chi connectivity index (χ2n) is 2.66. The van der Waals surface area contributed by atoms with Crippen molar-refractivity contribution in [3.05, 3.63) is 36.6 Å². The molecule has 0 fully saturated rings. The van der Waals surface area contributed by atoms with E-state index in [-0.39, 0.29) is 5.78 Å². The number of carbonyl (C=O) groups excluding carboxylic acids is 1. The van der Waals surface area contributed by atoms with Gasteiger partial charge in [-0.1, -0.05) is 18.2 Å². The number of rotatable bonds is 4. The smallest absolute Gasteiger partial charge is 0.152 e. The molecule has 0 aromatic rings. The molecule has 0 unspecified atom stereocenters. The number of hydrogen-bond acceptors (Lipinski definition) is 2. The van der Waals surface area contributed by atoms with Crippen LogP contribution in [-0.4, -0.2) is 24.8 Å². The zero-order chi connectivity index (χ0) is 9.40. The molecule has 2 heteroatoms. The molecule has 0 aliphatic rings. The van der Waals surface area contributed by atoms with Gasteiger partial charge in [-0.05, 0) is 25.3 Å². The first-order valence-electron chi connectivity index (χ1n) is 3.81. The van der Waals surface area contributed by atoms with Crippen molar-refractivity contribution in [2.24, 2.45) is 0 Å². The van der Waals surface area contributed by atoms with E-state index in [1.165, 1.54) is 13.0 Å². The lowest BCUT2D eigenvalue weighted by Crippen LogP contribution is -1.99. The highest BCUT2D eigenvalue weighted by molar-refractivity contribution is 5.87. The van der Waals surface area contributed by atoms with Crippen LogP contribution in [0.4, 0.5) is 0 Å². The maximum Gasteiger partial charge on any atom is 0.152 e. The predicted molar refractivity (Wildman–Crippen MR) is 51.8 cm³/mol. The van der Waals surface area contributed by atoms with Gasteiger partial charge < -0.3 is 4.90 Å². The lowest BCUT2D eigenvalue weighted by atomic mass is 10.3. The number of nitrogens with zero attached hydrogens (tertiary/aromatic N) is 1. The fourth-order valence-electron chi connectivity index (χ4n) is 0.541. The molecule has 0 aromatic heterocycles. The molecule has 66 valence electrons. The maximum atomic E-state index is 10.4. The van der Waals surface area contributed by atoms with E-state index in [0.717, 1.165) is 0 Å². The van der Waals surface area contributed by atoms with Gasteiger partial charge in [-0.2, -0.15) is 0 Å². The summed E-state index contributed by atoms with van der Waals surface area (Å²) < 4.78 is 0. The van der Waals surface area contributed by atoms with Crippen LogP contribution in [0.1, 0.15) is 6.92 Å². The molecule has 0 rings (SSSR count). The summed E-state index contributed by atoms with van der Waals surface area (Å²) in [5.41, 5.74) is 0. The van der Waals surface area contributed by atoms with E-state index >= 15 is 0 Å². The average Bonchev–Trinajstić information content (AvgIpc) is 1.95. The highest BCUT2D eigenvalue weighted by atomic mass is 16.1. The molecule has 0 heterocycles. The van der Waals surface area contributed by atoms with Crippen LogP contribution in [0.5, 0.6) is 0 Å². The Labute approximate surface area is 73.9 Å². The molecule has 0 saturated carbocycles. The second-order valence-corrected chi connectivity index (χ2v) is 2.66. The van der Waals surface area contributed by atoms with Crippen molar-refractivity contribution in [2.45, 2.75) is 6.92 Å². The van der Waals surface area contributed by atoms with Gasteiger partial charge in [0.05, 0.1) is 0 Å². The Hall–Kier alpha value is -1.31. The molecule has 0 amide bonds. The lowest BCUT2D eigenvalue weighted by molar-refractivity contribution is -0.112. The first-order valence-corrected chi connectivity index (χ1v) is 3.81. The molecular weight excluding hydrogens is 150 g/mol. The van der Waals surface area contributed by atoms with Crippen molar-refractivity contribution in [1.82, 2.24) is 4.90 Å². The van der Waals surface area contributed by atoms with Gasteiger partial charge >= 0.3 is 0 Å². The number of hydrogen-bond donors (Lipinski definition) is 0. The van der Waals surface area contributed by atoms with E-state index in [0.29, 0.717) is 0 Å². The molecule has 0 aliphatic carbocycles. The molecule has 0 atom stereocenters.